The van der Waals surface area contributed by atoms with Gasteiger partial charge in [-0.05, 0) is 49.7 Å². The largest absolute Gasteiger partial charge is 2.00 e. The second kappa shape index (κ2) is 19.8. The van der Waals surface area contributed by atoms with E-state index in [2.05, 4.69) is 9.98 Å². The van der Waals surface area contributed by atoms with Gasteiger partial charge < -0.3 is 20.4 Å². The molecule has 0 amide bonds. The molecule has 0 saturated carbocycles. The summed E-state index contributed by atoms with van der Waals surface area (Å²) in [6.07, 6.45) is 8.78. The zero-order valence-corrected chi connectivity index (χ0v) is 18.7. The van der Waals surface area contributed by atoms with Crippen molar-refractivity contribution in [2.24, 2.45) is 9.98 Å². The molecule has 0 aliphatic rings. The Bertz CT molecular complexity index is 690. The number of aliphatic imine (C=N–C) groups is 2. The molecule has 0 atom stereocenters. The third kappa shape index (κ3) is 14.5. The van der Waals surface area contributed by atoms with Crippen LogP contribution < -0.4 is 10.2 Å². The maximum Gasteiger partial charge on any atom is 2.00 e. The van der Waals surface area contributed by atoms with Crippen molar-refractivity contribution >= 4 is 12.4 Å². The van der Waals surface area contributed by atoms with Crippen LogP contribution in [0.25, 0.3) is 0 Å². The Morgan fingerprint density at radius 3 is 1.35 bits per heavy atom. The van der Waals surface area contributed by atoms with Gasteiger partial charge in [-0.25, -0.2) is 0 Å². The fraction of sp³-hybridized carbons (Fsp3) is 0.417. The number of nitrogens with zero attached hydrogens (tertiary/aromatic N) is 2. The first kappa shape index (κ1) is 28.8. The molecular weight excluding hydrogens is 444 g/mol. The number of para-hydroxylation sites is 2. The summed E-state index contributed by atoms with van der Waals surface area (Å²) >= 11 is 0. The van der Waals surface area contributed by atoms with Crippen molar-refractivity contribution in [1.29, 1.82) is 0 Å². The summed E-state index contributed by atoms with van der Waals surface area (Å²) in [5, 5.41) is 39.6. The summed E-state index contributed by atoms with van der Waals surface area (Å²) in [5.74, 6) is 0.0215. The Morgan fingerprint density at radius 2 is 1.00 bits per heavy atom. The normalized spacial score (nSPS) is 10.6. The maximum atomic E-state index is 11.3. The minimum Gasteiger partial charge on any atom is -0.872 e. The van der Waals surface area contributed by atoms with E-state index >= 15 is 0 Å². The van der Waals surface area contributed by atoms with E-state index in [1.807, 2.05) is 12.1 Å². The van der Waals surface area contributed by atoms with Crippen LogP contribution in [0.2, 0.25) is 0 Å². The number of hydrogen-bond donors (Lipinski definition) is 2. The van der Waals surface area contributed by atoms with Crippen molar-refractivity contribution in [1.82, 2.24) is 0 Å². The minimum atomic E-state index is 0. The average molecular weight is 476 g/mol. The second-order valence-corrected chi connectivity index (χ2v) is 6.71. The van der Waals surface area contributed by atoms with E-state index in [9.17, 15) is 10.2 Å². The van der Waals surface area contributed by atoms with E-state index in [4.69, 9.17) is 10.2 Å². The van der Waals surface area contributed by atoms with Crippen LogP contribution in [0.15, 0.2) is 58.5 Å². The first-order chi connectivity index (χ1) is 14.7. The van der Waals surface area contributed by atoms with Gasteiger partial charge in [0.15, 0.2) is 0 Å². The summed E-state index contributed by atoms with van der Waals surface area (Å²) in [5.41, 5.74) is 1.28. The number of aliphatic hydroxyl groups is 2. The topological polar surface area (TPSA) is 111 Å². The number of aliphatic hydroxyl groups excluding tert-OH is 2. The third-order valence-corrected chi connectivity index (χ3v) is 4.19. The molecule has 0 aromatic heterocycles. The van der Waals surface area contributed by atoms with Gasteiger partial charge in [0.05, 0.1) is 0 Å². The monoisotopic (exact) mass is 475 g/mol. The maximum absolute atomic E-state index is 11.3. The van der Waals surface area contributed by atoms with Crippen LogP contribution in [0.1, 0.15) is 49.7 Å². The molecule has 0 bridgehead atoms. The van der Waals surface area contributed by atoms with Crippen LogP contribution in [0, 0.1) is 0 Å². The number of benzene rings is 2. The molecule has 2 rings (SSSR count). The fourth-order valence-electron chi connectivity index (χ4n) is 2.48. The molecule has 0 fully saturated rings. The molecule has 0 unspecified atom stereocenters. The van der Waals surface area contributed by atoms with Crippen molar-refractivity contribution in [3.05, 3.63) is 59.7 Å². The van der Waals surface area contributed by atoms with E-state index in [-0.39, 0.29) is 41.8 Å². The molecule has 0 aliphatic heterocycles. The molecule has 2 aromatic carbocycles. The van der Waals surface area contributed by atoms with Gasteiger partial charge in [-0.15, -0.1) is 11.5 Å². The predicted molar refractivity (Wildman–Crippen MR) is 119 cm³/mol. The van der Waals surface area contributed by atoms with Gasteiger partial charge in [0.2, 0.25) is 0 Å². The molecule has 2 aromatic rings. The van der Waals surface area contributed by atoms with Crippen LogP contribution >= 0.6 is 0 Å². The fourth-order valence-corrected chi connectivity index (χ4v) is 2.48. The molecule has 0 saturated heterocycles. The Hall–Kier alpha value is -2.18. The zero-order valence-electron chi connectivity index (χ0n) is 17.8. The van der Waals surface area contributed by atoms with Crippen LogP contribution in [0.4, 0.5) is 0 Å². The zero-order chi connectivity index (χ0) is 21.9. The van der Waals surface area contributed by atoms with Crippen molar-refractivity contribution in [3.63, 3.8) is 0 Å². The smallest absolute Gasteiger partial charge is 0.872 e. The van der Waals surface area contributed by atoms with Crippen molar-refractivity contribution in [3.8, 4) is 11.5 Å². The Labute approximate surface area is 195 Å². The summed E-state index contributed by atoms with van der Waals surface area (Å²) in [6.45, 7) is 1.92. The Morgan fingerprint density at radius 1 is 0.613 bits per heavy atom. The first-order valence-electron chi connectivity index (χ1n) is 10.4. The first-order valence-corrected chi connectivity index (χ1v) is 10.4. The van der Waals surface area contributed by atoms with Gasteiger partial charge in [0.25, 0.3) is 0 Å². The minimum absolute atomic E-state index is 0. The molecule has 1 radical (unpaired) electrons. The molecule has 6 nitrogen and oxygen atoms in total. The summed E-state index contributed by atoms with van der Waals surface area (Å²) in [7, 11) is 0. The van der Waals surface area contributed by atoms with Crippen molar-refractivity contribution < 1.29 is 37.5 Å². The van der Waals surface area contributed by atoms with E-state index in [0.717, 1.165) is 38.5 Å². The summed E-state index contributed by atoms with van der Waals surface area (Å²) in [6, 6.07) is 13.7. The van der Waals surface area contributed by atoms with Gasteiger partial charge in [0.1, 0.15) is 0 Å². The standard InChI is InChI=1S/2C12H17NO2.Cu/c2*14-9-5-1-4-8-13-10-11-6-2-3-7-12(11)15;/h2*2-3,6-7,10,14-15H,1,4-5,8-9H2;/q;;+2/p-2. The van der Waals surface area contributed by atoms with Crippen LogP contribution in [0.3, 0.4) is 0 Å². The van der Waals surface area contributed by atoms with Gasteiger partial charge in [-0.3, -0.25) is 9.98 Å². The molecule has 7 heteroatoms. The molecule has 0 spiro atoms. The van der Waals surface area contributed by atoms with Crippen LogP contribution in [-0.2, 0) is 17.1 Å². The second-order valence-electron chi connectivity index (χ2n) is 6.71. The van der Waals surface area contributed by atoms with Crippen molar-refractivity contribution in [2.75, 3.05) is 26.3 Å². The van der Waals surface area contributed by atoms with E-state index in [0.29, 0.717) is 24.2 Å². The van der Waals surface area contributed by atoms with Crippen molar-refractivity contribution in [2.45, 2.75) is 38.5 Å². The van der Waals surface area contributed by atoms with E-state index in [1.165, 1.54) is 12.1 Å². The third-order valence-electron chi connectivity index (χ3n) is 4.19. The predicted octanol–water partition coefficient (Wildman–Crippen LogP) is 2.68. The average Bonchev–Trinajstić information content (AvgIpc) is 2.76. The molecule has 2 N–H and O–H groups in total. The number of hydrogen-bond acceptors (Lipinski definition) is 6. The Balaban J connectivity index is 0.000000562. The Kier molecular flexibility index (Phi) is 18.4. The molecule has 31 heavy (non-hydrogen) atoms. The van der Waals surface area contributed by atoms with Crippen LogP contribution in [0.5, 0.6) is 11.5 Å². The molecule has 0 heterocycles. The van der Waals surface area contributed by atoms with Crippen LogP contribution in [-0.4, -0.2) is 48.9 Å². The summed E-state index contributed by atoms with van der Waals surface area (Å²) < 4.78 is 0. The quantitative estimate of drug-likeness (QED) is 0.279. The van der Waals surface area contributed by atoms with E-state index < -0.39 is 0 Å². The SMILES string of the molecule is [Cu+2].[O-]c1ccccc1C=NCCCCCO.[O-]c1ccccc1C=NCCCCCO. The van der Waals surface area contributed by atoms with E-state index in [1.54, 1.807) is 36.7 Å². The molecular formula is C24H32CuN2O4. The van der Waals surface area contributed by atoms with Gasteiger partial charge in [-0.1, -0.05) is 48.5 Å². The van der Waals surface area contributed by atoms with Gasteiger partial charge >= 0.3 is 17.1 Å². The molecule has 173 valence electrons. The van der Waals surface area contributed by atoms with Gasteiger partial charge in [-0.2, -0.15) is 0 Å². The number of rotatable bonds is 12. The number of unbranched alkanes of at least 4 members (excludes halogenated alkanes) is 4. The summed E-state index contributed by atoms with van der Waals surface area (Å²) in [4.78, 5) is 8.34. The van der Waals surface area contributed by atoms with Gasteiger partial charge in [0, 0.05) is 38.7 Å². The molecule has 0 aliphatic carbocycles.